The second-order valence-electron chi connectivity index (χ2n) is 6.73. The number of aryl methyl sites for hydroxylation is 4. The van der Waals surface area contributed by atoms with Crippen molar-refractivity contribution in [2.75, 3.05) is 0 Å². The van der Waals surface area contributed by atoms with Gasteiger partial charge in [-0.2, -0.15) is 0 Å². The van der Waals surface area contributed by atoms with Crippen LogP contribution >= 0.6 is 11.3 Å². The summed E-state index contributed by atoms with van der Waals surface area (Å²) >= 11 is 1.49. The minimum absolute atomic E-state index is 0.0985. The van der Waals surface area contributed by atoms with Crippen LogP contribution in [0.15, 0.2) is 35.3 Å². The van der Waals surface area contributed by atoms with Gasteiger partial charge in [-0.3, -0.25) is 9.59 Å². The summed E-state index contributed by atoms with van der Waals surface area (Å²) in [4.78, 5) is 26.6. The number of hydrogen-bond acceptors (Lipinski definition) is 3. The first kappa shape index (κ1) is 18.4. The van der Waals surface area contributed by atoms with E-state index in [1.165, 1.54) is 16.9 Å². The molecule has 0 aliphatic heterocycles. The van der Waals surface area contributed by atoms with E-state index in [1.807, 2.05) is 26.8 Å². The van der Waals surface area contributed by atoms with Crippen LogP contribution in [0, 0.1) is 20.8 Å². The zero-order chi connectivity index (χ0) is 19.0. The number of nitrogens with zero attached hydrogens (tertiary/aromatic N) is 1. The van der Waals surface area contributed by atoms with Crippen molar-refractivity contribution in [1.82, 2.24) is 9.88 Å². The standard InChI is InChI=1S/C21H24N2O2S/c1-6-23-10-9-17-19(21(23)25)18(15(5)26-17)20(24)22-14(4)16-8-7-12(2)11-13(16)3/h7-11,14H,6H2,1-5H3,(H,22,24)/t14-/m0/s1. The van der Waals surface area contributed by atoms with E-state index in [0.29, 0.717) is 17.5 Å². The van der Waals surface area contributed by atoms with Crippen molar-refractivity contribution >= 4 is 27.3 Å². The molecule has 0 unspecified atom stereocenters. The molecule has 2 aromatic heterocycles. The Kier molecular flexibility index (Phi) is 5.01. The molecule has 26 heavy (non-hydrogen) atoms. The van der Waals surface area contributed by atoms with Crippen molar-refractivity contribution in [3.8, 4) is 0 Å². The summed E-state index contributed by atoms with van der Waals surface area (Å²) in [5.41, 5.74) is 3.85. The molecule has 1 N–H and O–H groups in total. The van der Waals surface area contributed by atoms with Crippen LogP contribution in [-0.2, 0) is 6.54 Å². The highest BCUT2D eigenvalue weighted by Gasteiger charge is 2.22. The van der Waals surface area contributed by atoms with Crippen LogP contribution < -0.4 is 10.9 Å². The Hall–Kier alpha value is -2.40. The van der Waals surface area contributed by atoms with Gasteiger partial charge in [0, 0.05) is 22.3 Å². The normalized spacial score (nSPS) is 12.3. The summed E-state index contributed by atoms with van der Waals surface area (Å²) in [6.07, 6.45) is 1.79. The van der Waals surface area contributed by atoms with Gasteiger partial charge in [-0.1, -0.05) is 23.8 Å². The molecule has 1 amide bonds. The quantitative estimate of drug-likeness (QED) is 0.737. The summed E-state index contributed by atoms with van der Waals surface area (Å²) in [6, 6.07) is 8.01. The summed E-state index contributed by atoms with van der Waals surface area (Å²) in [5.74, 6) is -0.188. The molecule has 0 saturated carbocycles. The molecule has 0 saturated heterocycles. The minimum atomic E-state index is -0.188. The number of thiophene rings is 1. The number of pyridine rings is 1. The van der Waals surface area contributed by atoms with Crippen molar-refractivity contribution in [2.24, 2.45) is 0 Å². The second-order valence-corrected chi connectivity index (χ2v) is 7.99. The van der Waals surface area contributed by atoms with Crippen molar-refractivity contribution < 1.29 is 4.79 Å². The number of hydrogen-bond donors (Lipinski definition) is 1. The molecule has 3 aromatic rings. The van der Waals surface area contributed by atoms with Crippen molar-refractivity contribution in [3.05, 3.63) is 67.9 Å². The highest BCUT2D eigenvalue weighted by atomic mass is 32.1. The third-order valence-corrected chi connectivity index (χ3v) is 5.87. The molecule has 0 aliphatic carbocycles. The first-order chi connectivity index (χ1) is 12.3. The number of nitrogens with one attached hydrogen (secondary N) is 1. The lowest BCUT2D eigenvalue weighted by Crippen LogP contribution is -2.29. The van der Waals surface area contributed by atoms with Gasteiger partial charge in [-0.15, -0.1) is 11.3 Å². The largest absolute Gasteiger partial charge is 0.345 e. The Morgan fingerprint density at radius 3 is 2.62 bits per heavy atom. The van der Waals surface area contributed by atoms with E-state index in [9.17, 15) is 9.59 Å². The fourth-order valence-corrected chi connectivity index (χ4v) is 4.49. The van der Waals surface area contributed by atoms with Crippen molar-refractivity contribution in [1.29, 1.82) is 0 Å². The Labute approximate surface area is 157 Å². The van der Waals surface area contributed by atoms with E-state index in [4.69, 9.17) is 0 Å². The Balaban J connectivity index is 2.00. The molecule has 3 rings (SSSR count). The highest BCUT2D eigenvalue weighted by Crippen LogP contribution is 2.29. The average Bonchev–Trinajstić information content (AvgIpc) is 2.92. The van der Waals surface area contributed by atoms with Gasteiger partial charge in [0.1, 0.15) is 0 Å². The number of fused-ring (bicyclic) bond motifs is 1. The van der Waals surface area contributed by atoms with Crippen LogP contribution in [-0.4, -0.2) is 10.5 Å². The monoisotopic (exact) mass is 368 g/mol. The second kappa shape index (κ2) is 7.08. The molecule has 4 nitrogen and oxygen atoms in total. The number of benzene rings is 1. The summed E-state index contributed by atoms with van der Waals surface area (Å²) in [5, 5.41) is 3.61. The first-order valence-corrected chi connectivity index (χ1v) is 9.65. The van der Waals surface area contributed by atoms with Gasteiger partial charge in [0.25, 0.3) is 11.5 Å². The van der Waals surface area contributed by atoms with E-state index >= 15 is 0 Å². The average molecular weight is 369 g/mol. The summed E-state index contributed by atoms with van der Waals surface area (Å²) < 4.78 is 2.50. The Bertz CT molecular complexity index is 1050. The summed E-state index contributed by atoms with van der Waals surface area (Å²) in [6.45, 7) is 10.5. The Morgan fingerprint density at radius 1 is 1.23 bits per heavy atom. The van der Waals surface area contributed by atoms with E-state index < -0.39 is 0 Å². The van der Waals surface area contributed by atoms with Gasteiger partial charge >= 0.3 is 0 Å². The molecular formula is C21H24N2O2S. The molecule has 0 bridgehead atoms. The highest BCUT2D eigenvalue weighted by molar-refractivity contribution is 7.19. The van der Waals surface area contributed by atoms with E-state index in [1.54, 1.807) is 10.8 Å². The van der Waals surface area contributed by atoms with Crippen LogP contribution in [0.1, 0.15) is 51.8 Å². The first-order valence-electron chi connectivity index (χ1n) is 8.84. The lowest BCUT2D eigenvalue weighted by atomic mass is 10.00. The number of carbonyl (C=O) groups excluding carboxylic acids is 1. The fraction of sp³-hybridized carbons (Fsp3) is 0.333. The molecule has 136 valence electrons. The van der Waals surface area contributed by atoms with Crippen LogP contribution in [0.2, 0.25) is 0 Å². The SMILES string of the molecule is CCn1ccc2sc(C)c(C(=O)N[C@@H](C)c3ccc(C)cc3C)c2c1=O. The van der Waals surface area contributed by atoms with Gasteiger partial charge in [0.15, 0.2) is 0 Å². The van der Waals surface area contributed by atoms with E-state index in [-0.39, 0.29) is 17.5 Å². The van der Waals surface area contributed by atoms with Gasteiger partial charge in [0.2, 0.25) is 0 Å². The summed E-state index contributed by atoms with van der Waals surface area (Å²) in [7, 11) is 0. The zero-order valence-corrected chi connectivity index (χ0v) is 16.7. The number of carbonyl (C=O) groups is 1. The smallest absolute Gasteiger partial charge is 0.260 e. The van der Waals surface area contributed by atoms with E-state index in [0.717, 1.165) is 20.7 Å². The topological polar surface area (TPSA) is 51.1 Å². The van der Waals surface area contributed by atoms with Crippen LogP contribution in [0.3, 0.4) is 0 Å². The lowest BCUT2D eigenvalue weighted by Gasteiger charge is -2.17. The van der Waals surface area contributed by atoms with Gasteiger partial charge in [0.05, 0.1) is 17.0 Å². The minimum Gasteiger partial charge on any atom is -0.345 e. The predicted molar refractivity (Wildman–Crippen MR) is 108 cm³/mol. The molecule has 1 aromatic carbocycles. The third-order valence-electron chi connectivity index (χ3n) is 4.80. The van der Waals surface area contributed by atoms with Gasteiger partial charge in [-0.25, -0.2) is 0 Å². The van der Waals surface area contributed by atoms with Crippen molar-refractivity contribution in [2.45, 2.75) is 47.2 Å². The molecule has 0 spiro atoms. The molecule has 1 atom stereocenters. The maximum Gasteiger partial charge on any atom is 0.260 e. The van der Waals surface area contributed by atoms with Gasteiger partial charge in [-0.05, 0) is 51.8 Å². The predicted octanol–water partition coefficient (Wildman–Crippen LogP) is 4.50. The maximum atomic E-state index is 13.0. The molecule has 2 heterocycles. The van der Waals surface area contributed by atoms with Crippen LogP contribution in [0.5, 0.6) is 0 Å². The molecule has 0 aliphatic rings. The molecule has 0 fully saturated rings. The third kappa shape index (κ3) is 3.19. The molecular weight excluding hydrogens is 344 g/mol. The van der Waals surface area contributed by atoms with E-state index in [2.05, 4.69) is 37.4 Å². The van der Waals surface area contributed by atoms with Crippen LogP contribution in [0.4, 0.5) is 0 Å². The number of amides is 1. The zero-order valence-electron chi connectivity index (χ0n) is 15.8. The Morgan fingerprint density at radius 2 is 1.96 bits per heavy atom. The number of aromatic nitrogens is 1. The number of rotatable bonds is 4. The van der Waals surface area contributed by atoms with Crippen molar-refractivity contribution in [3.63, 3.8) is 0 Å². The lowest BCUT2D eigenvalue weighted by molar-refractivity contribution is 0.0941. The van der Waals surface area contributed by atoms with Gasteiger partial charge < -0.3 is 9.88 Å². The van der Waals surface area contributed by atoms with Crippen LogP contribution in [0.25, 0.3) is 10.1 Å². The molecule has 5 heteroatoms. The maximum absolute atomic E-state index is 13.0. The molecule has 0 radical (unpaired) electrons. The fourth-order valence-electron chi connectivity index (χ4n) is 3.45.